The van der Waals surface area contributed by atoms with E-state index in [1.165, 1.54) is 51.4 Å². The molecular formula is C20H30N2O3. The summed E-state index contributed by atoms with van der Waals surface area (Å²) in [5.74, 6) is 0.425. The molecule has 138 valence electrons. The molecule has 1 aliphatic carbocycles. The van der Waals surface area contributed by atoms with Crippen molar-refractivity contribution in [3.05, 3.63) is 28.8 Å². The minimum Gasteiger partial charge on any atom is -0.481 e. The Kier molecular flexibility index (Phi) is 5.97. The molecule has 0 amide bonds. The van der Waals surface area contributed by atoms with Gasteiger partial charge in [-0.15, -0.1) is 0 Å². The van der Waals surface area contributed by atoms with Crippen LogP contribution in [-0.2, 0) is 16.1 Å². The van der Waals surface area contributed by atoms with Crippen molar-refractivity contribution in [3.8, 4) is 5.75 Å². The van der Waals surface area contributed by atoms with Gasteiger partial charge < -0.3 is 19.7 Å². The molecule has 1 heterocycles. The molecule has 1 saturated carbocycles. The van der Waals surface area contributed by atoms with Crippen molar-refractivity contribution in [1.29, 1.82) is 0 Å². The second-order valence-corrected chi connectivity index (χ2v) is 7.35. The van der Waals surface area contributed by atoms with Gasteiger partial charge in [-0.2, -0.15) is 0 Å². The molecule has 3 rings (SSSR count). The Bertz CT molecular complexity index is 582. The van der Waals surface area contributed by atoms with E-state index in [0.29, 0.717) is 6.04 Å². The third-order valence-electron chi connectivity index (χ3n) is 5.27. The van der Waals surface area contributed by atoms with Crippen LogP contribution >= 0.6 is 0 Å². The van der Waals surface area contributed by atoms with Crippen molar-refractivity contribution >= 4 is 5.97 Å². The fourth-order valence-electron chi connectivity index (χ4n) is 3.73. The Morgan fingerprint density at radius 1 is 1.16 bits per heavy atom. The number of ether oxygens (including phenoxy) is 2. The molecule has 1 aromatic rings. The molecule has 0 bridgehead atoms. The summed E-state index contributed by atoms with van der Waals surface area (Å²) in [6.07, 6.45) is 5.30. The fraction of sp³-hybridized carbons (Fsp3) is 0.650. The van der Waals surface area contributed by atoms with Crippen molar-refractivity contribution < 1.29 is 14.3 Å². The Hall–Kier alpha value is -1.59. The van der Waals surface area contributed by atoms with E-state index < -0.39 is 0 Å². The Morgan fingerprint density at radius 3 is 2.36 bits per heavy atom. The topological polar surface area (TPSA) is 50.8 Å². The zero-order valence-electron chi connectivity index (χ0n) is 15.6. The van der Waals surface area contributed by atoms with Gasteiger partial charge in [0.05, 0.1) is 7.11 Å². The van der Waals surface area contributed by atoms with Gasteiger partial charge in [-0.25, -0.2) is 4.79 Å². The first-order valence-electron chi connectivity index (χ1n) is 9.34. The number of methoxy groups -OCH3 is 1. The van der Waals surface area contributed by atoms with Gasteiger partial charge in [0.25, 0.3) is 0 Å². The Morgan fingerprint density at radius 2 is 1.80 bits per heavy atom. The number of nitrogens with one attached hydrogen (secondary N) is 1. The Labute approximate surface area is 150 Å². The number of carbonyl (C=O) groups excluding carboxylic acids is 1. The van der Waals surface area contributed by atoms with Crippen LogP contribution in [0.1, 0.15) is 42.4 Å². The van der Waals surface area contributed by atoms with Crippen LogP contribution in [0.3, 0.4) is 0 Å². The van der Waals surface area contributed by atoms with Crippen LogP contribution in [-0.4, -0.2) is 49.8 Å². The fourth-order valence-corrected chi connectivity index (χ4v) is 3.73. The van der Waals surface area contributed by atoms with E-state index in [-0.39, 0.29) is 12.6 Å². The highest BCUT2D eigenvalue weighted by atomic mass is 16.6. The molecule has 2 fully saturated rings. The van der Waals surface area contributed by atoms with Crippen molar-refractivity contribution in [2.45, 2.75) is 58.2 Å². The second-order valence-electron chi connectivity index (χ2n) is 7.35. The Balaban J connectivity index is 1.50. The molecule has 1 saturated heterocycles. The quantitative estimate of drug-likeness (QED) is 0.769. The molecule has 1 aromatic carbocycles. The molecule has 0 unspecified atom stereocenters. The van der Waals surface area contributed by atoms with Crippen LogP contribution in [0.4, 0.5) is 0 Å². The van der Waals surface area contributed by atoms with Crippen LogP contribution in [0.25, 0.3) is 0 Å². The standard InChI is InChI=1S/C20H30N2O3/c1-14-10-16(11-15(2)20(14)25-13-19(23)24-3)12-21-17-6-8-22(9-7-17)18-4-5-18/h10-11,17-18,21H,4-9,12-13H2,1-3H3. The number of likely N-dealkylation sites (tertiary alicyclic amines) is 1. The molecule has 25 heavy (non-hydrogen) atoms. The van der Waals surface area contributed by atoms with Crippen molar-refractivity contribution in [2.75, 3.05) is 26.8 Å². The third kappa shape index (κ3) is 4.95. The summed E-state index contributed by atoms with van der Waals surface area (Å²) in [7, 11) is 1.37. The van der Waals surface area contributed by atoms with Gasteiger partial charge in [-0.3, -0.25) is 0 Å². The number of esters is 1. The highest BCUT2D eigenvalue weighted by Crippen LogP contribution is 2.29. The maximum Gasteiger partial charge on any atom is 0.343 e. The van der Waals surface area contributed by atoms with Gasteiger partial charge >= 0.3 is 5.97 Å². The molecule has 1 aliphatic heterocycles. The van der Waals surface area contributed by atoms with E-state index >= 15 is 0 Å². The van der Waals surface area contributed by atoms with Crippen molar-refractivity contribution in [3.63, 3.8) is 0 Å². The molecule has 0 aromatic heterocycles. The first-order chi connectivity index (χ1) is 12.1. The van der Waals surface area contributed by atoms with Gasteiger partial charge in [0, 0.05) is 18.6 Å². The highest BCUT2D eigenvalue weighted by Gasteiger charge is 2.31. The van der Waals surface area contributed by atoms with E-state index in [1.807, 2.05) is 13.8 Å². The first-order valence-corrected chi connectivity index (χ1v) is 9.34. The minimum atomic E-state index is -0.359. The number of nitrogens with zero attached hydrogens (tertiary/aromatic N) is 1. The van der Waals surface area contributed by atoms with E-state index in [9.17, 15) is 4.79 Å². The average Bonchev–Trinajstić information content (AvgIpc) is 3.44. The molecule has 1 N–H and O–H groups in total. The predicted molar refractivity (Wildman–Crippen MR) is 97.9 cm³/mol. The number of hydrogen-bond acceptors (Lipinski definition) is 5. The molecule has 0 radical (unpaired) electrons. The smallest absolute Gasteiger partial charge is 0.343 e. The number of benzene rings is 1. The number of aryl methyl sites for hydroxylation is 2. The monoisotopic (exact) mass is 346 g/mol. The average molecular weight is 346 g/mol. The summed E-state index contributed by atoms with van der Waals surface area (Å²) in [5, 5.41) is 3.71. The van der Waals surface area contributed by atoms with Gasteiger partial charge in [0.2, 0.25) is 0 Å². The number of piperidine rings is 1. The lowest BCUT2D eigenvalue weighted by atomic mass is 10.0. The number of hydrogen-bond donors (Lipinski definition) is 1. The van der Waals surface area contributed by atoms with Crippen molar-refractivity contribution in [2.24, 2.45) is 0 Å². The maximum absolute atomic E-state index is 11.3. The van der Waals surface area contributed by atoms with Crippen LogP contribution in [0.15, 0.2) is 12.1 Å². The van der Waals surface area contributed by atoms with Crippen LogP contribution in [0.5, 0.6) is 5.75 Å². The summed E-state index contributed by atoms with van der Waals surface area (Å²) in [5.41, 5.74) is 3.39. The van der Waals surface area contributed by atoms with E-state index in [0.717, 1.165) is 29.5 Å². The van der Waals surface area contributed by atoms with Crippen LogP contribution in [0.2, 0.25) is 0 Å². The molecule has 5 nitrogen and oxygen atoms in total. The van der Waals surface area contributed by atoms with Crippen LogP contribution in [0, 0.1) is 13.8 Å². The first kappa shape index (κ1) is 18.2. The molecule has 5 heteroatoms. The summed E-state index contributed by atoms with van der Waals surface area (Å²) >= 11 is 0. The summed E-state index contributed by atoms with van der Waals surface area (Å²) in [4.78, 5) is 13.9. The minimum absolute atomic E-state index is 0.0463. The highest BCUT2D eigenvalue weighted by molar-refractivity contribution is 5.71. The van der Waals surface area contributed by atoms with Crippen LogP contribution < -0.4 is 10.1 Å². The SMILES string of the molecule is COC(=O)COc1c(C)cc(CNC2CCN(C3CC3)CC2)cc1C. The van der Waals surface area contributed by atoms with Gasteiger partial charge in [0.15, 0.2) is 6.61 Å². The molecular weight excluding hydrogens is 316 g/mol. The maximum atomic E-state index is 11.3. The largest absolute Gasteiger partial charge is 0.481 e. The number of carbonyl (C=O) groups is 1. The third-order valence-corrected chi connectivity index (χ3v) is 5.27. The summed E-state index contributed by atoms with van der Waals surface area (Å²) < 4.78 is 10.2. The van der Waals surface area contributed by atoms with E-state index in [1.54, 1.807) is 0 Å². The van der Waals surface area contributed by atoms with E-state index in [4.69, 9.17) is 4.74 Å². The number of rotatable bonds is 7. The van der Waals surface area contributed by atoms with Crippen molar-refractivity contribution in [1.82, 2.24) is 10.2 Å². The second kappa shape index (κ2) is 8.19. The van der Waals surface area contributed by atoms with E-state index in [2.05, 4.69) is 27.1 Å². The molecule has 0 spiro atoms. The lowest BCUT2D eigenvalue weighted by Crippen LogP contribution is -2.43. The zero-order chi connectivity index (χ0) is 17.8. The normalized spacial score (nSPS) is 19.0. The molecule has 0 atom stereocenters. The van der Waals surface area contributed by atoms with Gasteiger partial charge in [-0.05, 0) is 69.3 Å². The van der Waals surface area contributed by atoms with Gasteiger partial charge in [0.1, 0.15) is 5.75 Å². The zero-order valence-corrected chi connectivity index (χ0v) is 15.6. The predicted octanol–water partition coefficient (Wildman–Crippen LogP) is 2.57. The molecule has 2 aliphatic rings. The lowest BCUT2D eigenvalue weighted by molar-refractivity contribution is -0.142. The lowest BCUT2D eigenvalue weighted by Gasteiger charge is -2.32. The summed E-state index contributed by atoms with van der Waals surface area (Å²) in [6.45, 7) is 7.36. The van der Waals surface area contributed by atoms with Gasteiger partial charge in [-0.1, -0.05) is 12.1 Å². The summed E-state index contributed by atoms with van der Waals surface area (Å²) in [6, 6.07) is 5.80.